The molecule has 2 heterocycles. The maximum Gasteiger partial charge on any atom is 0.305 e. The fraction of sp³-hybridized carbons (Fsp3) is 0.733. The van der Waals surface area contributed by atoms with Crippen LogP contribution in [0.2, 0.25) is 0 Å². The molecule has 3 rings (SSSR count). The van der Waals surface area contributed by atoms with Crippen LogP contribution in [-0.4, -0.2) is 60.8 Å². The van der Waals surface area contributed by atoms with Gasteiger partial charge in [0.15, 0.2) is 0 Å². The first-order chi connectivity index (χ1) is 18.0. The average molecular weight is 535 g/mol. The van der Waals surface area contributed by atoms with Crippen molar-refractivity contribution < 1.29 is 38.7 Å². The molecule has 2 atom stereocenters. The standard InChI is InChI=1S/C30H46O8/c1-29(2,13-5-11-27(33)37-19-21-9-7-15-35-21)23-17-26(32)24(18-25(23)31)30(3,4)14-6-12-28(34)38-20-22-10-8-16-36-22/h17-18,21-22,31-32H,5-16,19-20H2,1-4H3. The van der Waals surface area contributed by atoms with Crippen molar-refractivity contribution in [3.8, 4) is 11.5 Å². The van der Waals surface area contributed by atoms with E-state index in [4.69, 9.17) is 18.9 Å². The number of esters is 2. The molecule has 2 fully saturated rings. The number of ether oxygens (including phenoxy) is 4. The molecule has 8 heteroatoms. The van der Waals surface area contributed by atoms with E-state index in [1.54, 1.807) is 12.1 Å². The Morgan fingerprint density at radius 1 is 0.789 bits per heavy atom. The largest absolute Gasteiger partial charge is 0.508 e. The molecule has 1 aromatic rings. The van der Waals surface area contributed by atoms with Gasteiger partial charge in [-0.15, -0.1) is 0 Å². The topological polar surface area (TPSA) is 112 Å². The van der Waals surface area contributed by atoms with Gasteiger partial charge in [-0.05, 0) is 74.3 Å². The van der Waals surface area contributed by atoms with Gasteiger partial charge in [-0.25, -0.2) is 0 Å². The van der Waals surface area contributed by atoms with Crippen LogP contribution in [-0.2, 0) is 39.4 Å². The van der Waals surface area contributed by atoms with Crippen LogP contribution in [0.4, 0.5) is 0 Å². The van der Waals surface area contributed by atoms with Crippen molar-refractivity contribution in [1.82, 2.24) is 0 Å². The second kappa shape index (κ2) is 13.7. The molecule has 2 N–H and O–H groups in total. The molecule has 0 bridgehead atoms. The number of carbonyl (C=O) groups is 2. The fourth-order valence-corrected chi connectivity index (χ4v) is 5.35. The Balaban J connectivity index is 1.48. The average Bonchev–Trinajstić information content (AvgIpc) is 3.57. The van der Waals surface area contributed by atoms with E-state index in [0.717, 1.165) is 38.9 Å². The third kappa shape index (κ3) is 8.87. The van der Waals surface area contributed by atoms with Crippen LogP contribution in [0.3, 0.4) is 0 Å². The van der Waals surface area contributed by atoms with Gasteiger partial charge in [0.25, 0.3) is 0 Å². The van der Waals surface area contributed by atoms with Crippen LogP contribution in [0.25, 0.3) is 0 Å². The number of hydrogen-bond acceptors (Lipinski definition) is 8. The molecule has 38 heavy (non-hydrogen) atoms. The summed E-state index contributed by atoms with van der Waals surface area (Å²) < 4.78 is 21.6. The van der Waals surface area contributed by atoms with Crippen molar-refractivity contribution in [3.63, 3.8) is 0 Å². The first kappa shape index (κ1) is 30.2. The lowest BCUT2D eigenvalue weighted by molar-refractivity contribution is -0.147. The van der Waals surface area contributed by atoms with Crippen molar-refractivity contribution >= 4 is 11.9 Å². The van der Waals surface area contributed by atoms with E-state index < -0.39 is 10.8 Å². The summed E-state index contributed by atoms with van der Waals surface area (Å²) in [5.74, 6) is -0.243. The van der Waals surface area contributed by atoms with Crippen LogP contribution >= 0.6 is 0 Å². The highest BCUT2D eigenvalue weighted by atomic mass is 16.6. The van der Waals surface area contributed by atoms with Gasteiger partial charge in [0.1, 0.15) is 24.7 Å². The quantitative estimate of drug-likeness (QED) is 0.240. The second-order valence-electron chi connectivity index (χ2n) is 12.0. The summed E-state index contributed by atoms with van der Waals surface area (Å²) in [5, 5.41) is 21.8. The van der Waals surface area contributed by atoms with E-state index in [1.165, 1.54) is 0 Å². The number of hydrogen-bond donors (Lipinski definition) is 2. The van der Waals surface area contributed by atoms with Gasteiger partial charge in [-0.3, -0.25) is 9.59 Å². The van der Waals surface area contributed by atoms with E-state index in [-0.39, 0.29) is 35.6 Å². The third-order valence-electron chi connectivity index (χ3n) is 7.85. The summed E-state index contributed by atoms with van der Waals surface area (Å²) in [6.45, 7) is 10.0. The van der Waals surface area contributed by atoms with E-state index >= 15 is 0 Å². The number of benzene rings is 1. The first-order valence-electron chi connectivity index (χ1n) is 14.1. The smallest absolute Gasteiger partial charge is 0.305 e. The highest BCUT2D eigenvalue weighted by Crippen LogP contribution is 2.43. The van der Waals surface area contributed by atoms with Gasteiger partial charge in [0.05, 0.1) is 12.2 Å². The Bertz CT molecular complexity index is 851. The van der Waals surface area contributed by atoms with E-state index in [1.807, 2.05) is 27.7 Å². The summed E-state index contributed by atoms with van der Waals surface area (Å²) in [4.78, 5) is 24.2. The van der Waals surface area contributed by atoms with Crippen molar-refractivity contribution in [2.75, 3.05) is 26.4 Å². The molecular formula is C30H46O8. The SMILES string of the molecule is CC(C)(CCCC(=O)OCC1CCCO1)c1cc(O)c(C(C)(C)CCCC(=O)OCC2CCCO2)cc1O. The Labute approximate surface area is 227 Å². The van der Waals surface area contributed by atoms with Gasteiger partial charge in [-0.2, -0.15) is 0 Å². The molecular weight excluding hydrogens is 488 g/mol. The Hall–Kier alpha value is -2.32. The molecule has 8 nitrogen and oxygen atoms in total. The fourth-order valence-electron chi connectivity index (χ4n) is 5.35. The summed E-state index contributed by atoms with van der Waals surface area (Å²) >= 11 is 0. The maximum absolute atomic E-state index is 12.1. The number of carbonyl (C=O) groups excluding carboxylic acids is 2. The van der Waals surface area contributed by atoms with Crippen LogP contribution < -0.4 is 0 Å². The minimum Gasteiger partial charge on any atom is -0.508 e. The predicted molar refractivity (Wildman–Crippen MR) is 143 cm³/mol. The Morgan fingerprint density at radius 3 is 1.53 bits per heavy atom. The minimum atomic E-state index is -0.453. The summed E-state index contributed by atoms with van der Waals surface area (Å²) in [6.07, 6.45) is 7.00. The van der Waals surface area contributed by atoms with E-state index in [0.29, 0.717) is 62.9 Å². The third-order valence-corrected chi connectivity index (χ3v) is 7.85. The van der Waals surface area contributed by atoms with Crippen LogP contribution in [0, 0.1) is 0 Å². The summed E-state index contributed by atoms with van der Waals surface area (Å²) in [5.41, 5.74) is 0.373. The molecule has 0 amide bonds. The van der Waals surface area contributed by atoms with Crippen molar-refractivity contribution in [3.05, 3.63) is 23.3 Å². The molecule has 2 aliphatic rings. The molecule has 0 aromatic heterocycles. The molecule has 214 valence electrons. The van der Waals surface area contributed by atoms with Gasteiger partial charge < -0.3 is 29.2 Å². The summed E-state index contributed by atoms with van der Waals surface area (Å²) in [6, 6.07) is 3.27. The molecule has 2 saturated heterocycles. The Kier molecular flexibility index (Phi) is 10.9. The zero-order valence-corrected chi connectivity index (χ0v) is 23.6. The number of phenolic OH excluding ortho intramolecular Hbond substituents is 2. The lowest BCUT2D eigenvalue weighted by Gasteiger charge is -2.30. The Morgan fingerprint density at radius 2 is 1.18 bits per heavy atom. The molecule has 2 aliphatic heterocycles. The second-order valence-corrected chi connectivity index (χ2v) is 12.0. The molecule has 0 spiro atoms. The van der Waals surface area contributed by atoms with Crippen LogP contribution in [0.1, 0.15) is 103 Å². The molecule has 1 aromatic carbocycles. The molecule has 0 saturated carbocycles. The van der Waals surface area contributed by atoms with E-state index in [2.05, 4.69) is 0 Å². The minimum absolute atomic E-state index is 0.0172. The lowest BCUT2D eigenvalue weighted by Crippen LogP contribution is -2.22. The summed E-state index contributed by atoms with van der Waals surface area (Å²) in [7, 11) is 0. The zero-order chi connectivity index (χ0) is 27.8. The van der Waals surface area contributed by atoms with Gasteiger partial charge in [0.2, 0.25) is 0 Å². The zero-order valence-electron chi connectivity index (χ0n) is 23.6. The number of rotatable bonds is 14. The van der Waals surface area contributed by atoms with Crippen molar-refractivity contribution in [1.29, 1.82) is 0 Å². The highest BCUT2D eigenvalue weighted by Gasteiger charge is 2.30. The maximum atomic E-state index is 12.1. The van der Waals surface area contributed by atoms with Crippen LogP contribution in [0.5, 0.6) is 11.5 Å². The van der Waals surface area contributed by atoms with Crippen LogP contribution in [0.15, 0.2) is 12.1 Å². The van der Waals surface area contributed by atoms with Gasteiger partial charge >= 0.3 is 11.9 Å². The predicted octanol–water partition coefficient (Wildman–Crippen LogP) is 5.44. The number of aromatic hydroxyl groups is 2. The van der Waals surface area contributed by atoms with Gasteiger partial charge in [-0.1, -0.05) is 27.7 Å². The lowest BCUT2D eigenvalue weighted by atomic mass is 9.75. The van der Waals surface area contributed by atoms with E-state index in [9.17, 15) is 19.8 Å². The molecule has 0 aliphatic carbocycles. The molecule has 0 radical (unpaired) electrons. The number of phenols is 2. The molecule has 2 unspecified atom stereocenters. The van der Waals surface area contributed by atoms with Crippen molar-refractivity contribution in [2.24, 2.45) is 0 Å². The van der Waals surface area contributed by atoms with Crippen molar-refractivity contribution in [2.45, 2.75) is 115 Å². The first-order valence-corrected chi connectivity index (χ1v) is 14.1. The monoisotopic (exact) mass is 534 g/mol. The van der Waals surface area contributed by atoms with Gasteiger partial charge in [0, 0.05) is 37.2 Å². The normalized spacial score (nSPS) is 20.0. The highest BCUT2D eigenvalue weighted by molar-refractivity contribution is 5.69.